The van der Waals surface area contributed by atoms with Crippen LogP contribution in [0.4, 0.5) is 0 Å². The van der Waals surface area contributed by atoms with E-state index in [4.69, 9.17) is 18.9 Å². The van der Waals surface area contributed by atoms with Crippen LogP contribution in [0.15, 0.2) is 34.3 Å². The molecule has 0 radical (unpaired) electrons. The van der Waals surface area contributed by atoms with Gasteiger partial charge >= 0.3 is 17.9 Å². The molecule has 31 heavy (non-hydrogen) atoms. The number of hydrazone groups is 1. The predicted octanol–water partition coefficient (Wildman–Crippen LogP) is 0.453. The Bertz CT molecular complexity index is 944. The number of benzene rings is 1. The van der Waals surface area contributed by atoms with Gasteiger partial charge in [0.1, 0.15) is 6.10 Å². The fraction of sp³-hybridized carbons (Fsp3) is 0.474. The minimum absolute atomic E-state index is 0.00376. The molecule has 4 atom stereocenters. The van der Waals surface area contributed by atoms with E-state index in [0.717, 1.165) is 25.6 Å². The normalized spacial score (nSPS) is 23.7. The second kappa shape index (κ2) is 10.4. The molecule has 0 bridgehead atoms. The van der Waals surface area contributed by atoms with Crippen molar-refractivity contribution in [3.05, 3.63) is 29.8 Å². The highest BCUT2D eigenvalue weighted by Gasteiger charge is 2.46. The Labute approximate surface area is 179 Å². The molecule has 1 heterocycles. The highest BCUT2D eigenvalue weighted by molar-refractivity contribution is 7.89. The maximum absolute atomic E-state index is 12.3. The molecule has 1 aliphatic rings. The van der Waals surface area contributed by atoms with Crippen LogP contribution in [-0.2, 0) is 43.4 Å². The smallest absolute Gasteiger partial charge is 0.303 e. The van der Waals surface area contributed by atoms with Crippen molar-refractivity contribution < 1.29 is 41.7 Å². The lowest BCUT2D eigenvalue weighted by atomic mass is 10.00. The number of esters is 3. The average molecular weight is 456 g/mol. The van der Waals surface area contributed by atoms with E-state index in [1.54, 1.807) is 12.1 Å². The number of ether oxygens (including phenoxy) is 4. The van der Waals surface area contributed by atoms with Crippen LogP contribution in [0, 0.1) is 6.92 Å². The van der Waals surface area contributed by atoms with E-state index in [1.807, 2.05) is 11.8 Å². The van der Waals surface area contributed by atoms with Gasteiger partial charge in [0.25, 0.3) is 10.0 Å². The molecule has 1 N–H and O–H groups in total. The Kier molecular flexibility index (Phi) is 8.11. The number of carbonyl (C=O) groups is 3. The molecular weight excluding hydrogens is 432 g/mol. The van der Waals surface area contributed by atoms with Crippen molar-refractivity contribution in [1.82, 2.24) is 4.83 Å². The molecule has 11 nitrogen and oxygen atoms in total. The van der Waals surface area contributed by atoms with Crippen LogP contribution < -0.4 is 4.83 Å². The third kappa shape index (κ3) is 7.03. The fourth-order valence-electron chi connectivity index (χ4n) is 2.84. The van der Waals surface area contributed by atoms with E-state index >= 15 is 0 Å². The van der Waals surface area contributed by atoms with Gasteiger partial charge in [-0.3, -0.25) is 14.4 Å². The average Bonchev–Trinajstić information content (AvgIpc) is 2.65. The quantitative estimate of drug-likeness (QED) is 0.267. The van der Waals surface area contributed by atoms with Crippen LogP contribution in [0.2, 0.25) is 0 Å². The molecule has 1 aromatic rings. The molecule has 12 heteroatoms. The van der Waals surface area contributed by atoms with Crippen LogP contribution in [0.3, 0.4) is 0 Å². The number of hydrogen-bond donors (Lipinski definition) is 1. The van der Waals surface area contributed by atoms with Crippen molar-refractivity contribution in [2.24, 2.45) is 5.10 Å². The maximum Gasteiger partial charge on any atom is 0.303 e. The van der Waals surface area contributed by atoms with Crippen molar-refractivity contribution in [3.8, 4) is 0 Å². The van der Waals surface area contributed by atoms with Gasteiger partial charge in [0.05, 0.1) is 17.7 Å². The van der Waals surface area contributed by atoms with E-state index in [0.29, 0.717) is 0 Å². The van der Waals surface area contributed by atoms with E-state index in [2.05, 4.69) is 5.10 Å². The molecule has 2 rings (SSSR count). The molecule has 1 fully saturated rings. The van der Waals surface area contributed by atoms with Gasteiger partial charge in [-0.1, -0.05) is 17.7 Å². The van der Waals surface area contributed by atoms with Gasteiger partial charge in [-0.05, 0) is 19.1 Å². The Balaban J connectivity index is 2.22. The number of aryl methyl sites for hydroxylation is 1. The zero-order valence-corrected chi connectivity index (χ0v) is 18.2. The van der Waals surface area contributed by atoms with Crippen molar-refractivity contribution in [2.75, 3.05) is 6.61 Å². The summed E-state index contributed by atoms with van der Waals surface area (Å²) in [5.74, 6) is -2.06. The molecule has 1 saturated heterocycles. The summed E-state index contributed by atoms with van der Waals surface area (Å²) in [6.45, 7) is 5.06. The van der Waals surface area contributed by atoms with Crippen LogP contribution in [0.25, 0.3) is 0 Å². The van der Waals surface area contributed by atoms with Crippen molar-refractivity contribution in [2.45, 2.75) is 57.0 Å². The van der Waals surface area contributed by atoms with Crippen molar-refractivity contribution in [3.63, 3.8) is 0 Å². The first-order valence-electron chi connectivity index (χ1n) is 9.24. The van der Waals surface area contributed by atoms with Crippen molar-refractivity contribution >= 4 is 34.1 Å². The highest BCUT2D eigenvalue weighted by Crippen LogP contribution is 2.24. The van der Waals surface area contributed by atoms with E-state index < -0.39 is 52.3 Å². The van der Waals surface area contributed by atoms with Crippen LogP contribution in [0.1, 0.15) is 26.3 Å². The number of rotatable bonds is 7. The Hall–Kier alpha value is -2.99. The molecule has 0 amide bonds. The van der Waals surface area contributed by atoms with Gasteiger partial charge in [0.2, 0.25) is 0 Å². The standard InChI is InChI=1S/C19H24N2O9S/c1-11-5-7-15(8-6-11)31(25,26)21-20-9-16-18(29-13(3)23)19(30-14(4)24)17(10-27-16)28-12(2)22/h5-9,16-19,21H,10H2,1-4H3/b20-9+/t16-,17+,18+,19+/m0/s1. The minimum Gasteiger partial charge on any atom is -0.456 e. The summed E-state index contributed by atoms with van der Waals surface area (Å²) in [6.07, 6.45) is -3.45. The molecule has 0 unspecified atom stereocenters. The first-order valence-corrected chi connectivity index (χ1v) is 10.7. The van der Waals surface area contributed by atoms with Gasteiger partial charge in [-0.25, -0.2) is 4.83 Å². The first kappa shape index (κ1) is 24.3. The molecule has 170 valence electrons. The number of nitrogens with one attached hydrogen (secondary N) is 1. The number of hydrogen-bond acceptors (Lipinski definition) is 10. The van der Waals surface area contributed by atoms with Crippen molar-refractivity contribution in [1.29, 1.82) is 0 Å². The van der Waals surface area contributed by atoms with E-state index in [-0.39, 0.29) is 11.5 Å². The Morgan fingerprint density at radius 3 is 2.10 bits per heavy atom. The Morgan fingerprint density at radius 2 is 1.55 bits per heavy atom. The first-order chi connectivity index (χ1) is 14.5. The summed E-state index contributed by atoms with van der Waals surface area (Å²) in [7, 11) is -3.94. The monoisotopic (exact) mass is 456 g/mol. The molecule has 1 aromatic carbocycles. The molecule has 1 aliphatic heterocycles. The maximum atomic E-state index is 12.3. The van der Waals surface area contributed by atoms with Gasteiger partial charge in [0.15, 0.2) is 18.3 Å². The summed E-state index contributed by atoms with van der Waals surface area (Å²) in [5.41, 5.74) is 0.890. The summed E-state index contributed by atoms with van der Waals surface area (Å²) in [6, 6.07) is 6.12. The summed E-state index contributed by atoms with van der Waals surface area (Å²) in [5, 5.41) is 3.70. The van der Waals surface area contributed by atoms with Gasteiger partial charge in [-0.15, -0.1) is 0 Å². The van der Waals surface area contributed by atoms with Crippen LogP contribution in [-0.4, -0.2) is 63.6 Å². The lowest BCUT2D eigenvalue weighted by Gasteiger charge is -2.39. The van der Waals surface area contributed by atoms with Crippen LogP contribution >= 0.6 is 0 Å². The van der Waals surface area contributed by atoms with E-state index in [9.17, 15) is 22.8 Å². The molecule has 0 aliphatic carbocycles. The fourth-order valence-corrected chi connectivity index (χ4v) is 3.64. The lowest BCUT2D eigenvalue weighted by molar-refractivity contribution is -0.215. The van der Waals surface area contributed by atoms with Gasteiger partial charge in [0, 0.05) is 20.8 Å². The summed E-state index contributed by atoms with van der Waals surface area (Å²) in [4.78, 5) is 36.5. The van der Waals surface area contributed by atoms with Gasteiger partial charge in [-0.2, -0.15) is 13.5 Å². The highest BCUT2D eigenvalue weighted by atomic mass is 32.2. The predicted molar refractivity (Wildman–Crippen MR) is 106 cm³/mol. The minimum atomic E-state index is -3.94. The summed E-state index contributed by atoms with van der Waals surface area (Å²) >= 11 is 0. The number of carbonyl (C=O) groups excluding carboxylic acids is 3. The summed E-state index contributed by atoms with van der Waals surface area (Å²) < 4.78 is 45.7. The largest absolute Gasteiger partial charge is 0.456 e. The molecule has 0 spiro atoms. The molecule has 0 saturated carbocycles. The third-order valence-electron chi connectivity index (χ3n) is 4.11. The van der Waals surface area contributed by atoms with Gasteiger partial charge < -0.3 is 18.9 Å². The van der Waals surface area contributed by atoms with E-state index in [1.165, 1.54) is 19.1 Å². The lowest BCUT2D eigenvalue weighted by Crippen LogP contribution is -2.58. The number of sulfonamides is 1. The zero-order chi connectivity index (χ0) is 23.2. The topological polar surface area (TPSA) is 147 Å². The second-order valence-electron chi connectivity index (χ2n) is 6.78. The Morgan fingerprint density at radius 1 is 1.00 bits per heavy atom. The molecule has 0 aromatic heterocycles. The third-order valence-corrected chi connectivity index (χ3v) is 5.35. The zero-order valence-electron chi connectivity index (χ0n) is 17.4. The SMILES string of the molecule is CC(=O)O[C@H]1[C@H](OC(C)=O)[C@H](OC(C)=O)CO[C@H]1/C=N/NS(=O)(=O)c1ccc(C)cc1. The second-order valence-corrected chi connectivity index (χ2v) is 8.44. The number of nitrogens with zero attached hydrogens (tertiary/aromatic N) is 1. The van der Waals surface area contributed by atoms with Crippen LogP contribution in [0.5, 0.6) is 0 Å². The molecular formula is C19H24N2O9S.